The molecule has 1 aromatic heterocycles. The Morgan fingerprint density at radius 1 is 1.12 bits per heavy atom. The Kier molecular flexibility index (Phi) is 3.00. The van der Waals surface area contributed by atoms with Crippen molar-refractivity contribution in [2.75, 3.05) is 0 Å². The van der Waals surface area contributed by atoms with Gasteiger partial charge in [0.1, 0.15) is 11.3 Å². The lowest BCUT2D eigenvalue weighted by Gasteiger charge is -2.12. The average molecular weight is 321 g/mol. The zero-order valence-electron chi connectivity index (χ0n) is 13.2. The number of phenols is 1. The van der Waals surface area contributed by atoms with Gasteiger partial charge in [-0.25, -0.2) is 0 Å². The van der Waals surface area contributed by atoms with Gasteiger partial charge in [-0.05, 0) is 48.7 Å². The van der Waals surface area contributed by atoms with Crippen molar-refractivity contribution < 1.29 is 14.3 Å². The van der Waals surface area contributed by atoms with Crippen molar-refractivity contribution in [3.63, 3.8) is 0 Å². The number of nitrogens with one attached hydrogen (secondary N) is 1. The van der Waals surface area contributed by atoms with E-state index < -0.39 is 11.9 Å². The van der Waals surface area contributed by atoms with Crippen molar-refractivity contribution in [1.29, 1.82) is 0 Å². The fourth-order valence-electron chi connectivity index (χ4n) is 3.32. The number of aromatic hydroxyl groups is 1. The number of rotatable bonds is 1. The fraction of sp³-hybridized carbons (Fsp3) is 0.158. The van der Waals surface area contributed by atoms with Crippen LogP contribution in [0, 0.1) is 13.8 Å². The van der Waals surface area contributed by atoms with Crippen LogP contribution in [0.15, 0.2) is 45.6 Å². The van der Waals surface area contributed by atoms with Crippen molar-refractivity contribution in [3.8, 4) is 5.75 Å². The topological polar surface area (TPSA) is 79.5 Å². The van der Waals surface area contributed by atoms with E-state index in [1.165, 1.54) is 12.1 Å². The predicted octanol–water partition coefficient (Wildman–Crippen LogP) is 2.95. The molecule has 1 aliphatic heterocycles. The number of phenolic OH excluding ortho intramolecular Hbond substituents is 1. The lowest BCUT2D eigenvalue weighted by atomic mass is 9.98. The van der Waals surface area contributed by atoms with Gasteiger partial charge in [0, 0.05) is 0 Å². The molecule has 0 aliphatic carbocycles. The van der Waals surface area contributed by atoms with Gasteiger partial charge >= 0.3 is 0 Å². The standard InChI is InChI=1S/C19H15NO4/c1-9-6-10(2)17-13(7-9)16(22)14-15(20-19(23)18(14)24-17)11-4-3-5-12(21)8-11/h3-8,15,21H,1-2H3,(H,20,23)/t15-/m0/s1. The van der Waals surface area contributed by atoms with Crippen LogP contribution in [-0.4, -0.2) is 11.0 Å². The number of aryl methyl sites for hydroxylation is 2. The number of hydrogen-bond donors (Lipinski definition) is 2. The van der Waals surface area contributed by atoms with Crippen LogP contribution in [0.4, 0.5) is 0 Å². The third kappa shape index (κ3) is 2.01. The van der Waals surface area contributed by atoms with Crippen molar-refractivity contribution in [3.05, 3.63) is 74.6 Å². The molecule has 1 aliphatic rings. The molecule has 120 valence electrons. The first-order valence-corrected chi connectivity index (χ1v) is 7.63. The van der Waals surface area contributed by atoms with E-state index in [2.05, 4.69) is 5.32 Å². The van der Waals surface area contributed by atoms with Gasteiger partial charge in [0.05, 0.1) is 17.0 Å². The highest BCUT2D eigenvalue weighted by atomic mass is 16.3. The zero-order valence-corrected chi connectivity index (χ0v) is 13.2. The van der Waals surface area contributed by atoms with Crippen LogP contribution >= 0.6 is 0 Å². The van der Waals surface area contributed by atoms with Crippen LogP contribution in [0.1, 0.15) is 38.9 Å². The molecule has 1 atom stereocenters. The van der Waals surface area contributed by atoms with Gasteiger partial charge in [0.15, 0.2) is 5.43 Å². The van der Waals surface area contributed by atoms with Crippen molar-refractivity contribution in [2.45, 2.75) is 19.9 Å². The Morgan fingerprint density at radius 3 is 2.67 bits per heavy atom. The second kappa shape index (κ2) is 4.96. The van der Waals surface area contributed by atoms with E-state index in [0.29, 0.717) is 22.1 Å². The van der Waals surface area contributed by atoms with Crippen LogP contribution in [0.2, 0.25) is 0 Å². The molecular weight excluding hydrogens is 306 g/mol. The van der Waals surface area contributed by atoms with E-state index in [9.17, 15) is 14.7 Å². The maximum Gasteiger partial charge on any atom is 0.288 e. The molecule has 0 saturated heterocycles. The Labute approximate surface area is 137 Å². The van der Waals surface area contributed by atoms with Crippen molar-refractivity contribution in [2.24, 2.45) is 0 Å². The molecule has 0 radical (unpaired) electrons. The minimum atomic E-state index is -0.624. The second-order valence-corrected chi connectivity index (χ2v) is 6.13. The SMILES string of the molecule is Cc1cc(C)c2oc3c(c(=O)c2c1)[C@H](c1cccc(O)c1)NC3=O. The van der Waals surface area contributed by atoms with Crippen LogP contribution in [0.5, 0.6) is 5.75 Å². The monoisotopic (exact) mass is 321 g/mol. The highest BCUT2D eigenvalue weighted by molar-refractivity contribution is 5.99. The molecule has 24 heavy (non-hydrogen) atoms. The molecule has 0 bridgehead atoms. The number of carbonyl (C=O) groups is 1. The maximum absolute atomic E-state index is 13.0. The number of hydrogen-bond acceptors (Lipinski definition) is 4. The van der Waals surface area contributed by atoms with Gasteiger partial charge in [0.25, 0.3) is 5.91 Å². The summed E-state index contributed by atoms with van der Waals surface area (Å²) in [5, 5.41) is 12.9. The minimum absolute atomic E-state index is 0.0489. The first-order valence-electron chi connectivity index (χ1n) is 7.63. The molecule has 0 spiro atoms. The lowest BCUT2D eigenvalue weighted by Crippen LogP contribution is -2.21. The van der Waals surface area contributed by atoms with Gasteiger partial charge in [-0.15, -0.1) is 0 Å². The highest BCUT2D eigenvalue weighted by Gasteiger charge is 2.36. The van der Waals surface area contributed by atoms with Gasteiger partial charge in [0.2, 0.25) is 5.76 Å². The van der Waals surface area contributed by atoms with E-state index in [1.54, 1.807) is 18.2 Å². The van der Waals surface area contributed by atoms with Crippen LogP contribution < -0.4 is 10.7 Å². The van der Waals surface area contributed by atoms with Gasteiger partial charge in [-0.2, -0.15) is 0 Å². The van der Waals surface area contributed by atoms with E-state index in [4.69, 9.17) is 4.42 Å². The summed E-state index contributed by atoms with van der Waals surface area (Å²) < 4.78 is 5.79. The Bertz CT molecular complexity index is 1060. The van der Waals surface area contributed by atoms with Crippen molar-refractivity contribution >= 4 is 16.9 Å². The molecule has 5 nitrogen and oxygen atoms in total. The zero-order chi connectivity index (χ0) is 17.0. The number of benzene rings is 2. The Hall–Kier alpha value is -3.08. The molecule has 1 amide bonds. The highest BCUT2D eigenvalue weighted by Crippen LogP contribution is 2.33. The summed E-state index contributed by atoms with van der Waals surface area (Å²) in [6.07, 6.45) is 0. The largest absolute Gasteiger partial charge is 0.508 e. The summed E-state index contributed by atoms with van der Waals surface area (Å²) in [7, 11) is 0. The van der Waals surface area contributed by atoms with E-state index >= 15 is 0 Å². The molecule has 5 heteroatoms. The van der Waals surface area contributed by atoms with Gasteiger partial charge in [-0.1, -0.05) is 18.2 Å². The molecular formula is C19H15NO4. The van der Waals surface area contributed by atoms with Crippen molar-refractivity contribution in [1.82, 2.24) is 5.32 Å². The molecule has 0 saturated carbocycles. The fourth-order valence-corrected chi connectivity index (χ4v) is 3.32. The Morgan fingerprint density at radius 2 is 1.92 bits per heavy atom. The van der Waals surface area contributed by atoms with E-state index in [1.807, 2.05) is 19.9 Å². The quantitative estimate of drug-likeness (QED) is 0.722. The van der Waals surface area contributed by atoms with E-state index in [0.717, 1.165) is 11.1 Å². The molecule has 0 fully saturated rings. The predicted molar refractivity (Wildman–Crippen MR) is 89.4 cm³/mol. The molecule has 2 N–H and O–H groups in total. The second-order valence-electron chi connectivity index (χ2n) is 6.13. The van der Waals surface area contributed by atoms with E-state index in [-0.39, 0.29) is 16.9 Å². The smallest absolute Gasteiger partial charge is 0.288 e. The first kappa shape index (κ1) is 14.5. The maximum atomic E-state index is 13.0. The molecule has 2 heterocycles. The van der Waals surface area contributed by atoms with Crippen LogP contribution in [0.3, 0.4) is 0 Å². The van der Waals surface area contributed by atoms with Crippen LogP contribution in [0.25, 0.3) is 11.0 Å². The lowest BCUT2D eigenvalue weighted by molar-refractivity contribution is 0.0938. The summed E-state index contributed by atoms with van der Waals surface area (Å²) in [4.78, 5) is 25.3. The summed E-state index contributed by atoms with van der Waals surface area (Å²) in [6, 6.07) is 9.56. The number of carbonyl (C=O) groups excluding carboxylic acids is 1. The minimum Gasteiger partial charge on any atom is -0.508 e. The third-order valence-corrected chi connectivity index (χ3v) is 4.33. The number of amides is 1. The summed E-state index contributed by atoms with van der Waals surface area (Å²) >= 11 is 0. The molecule has 4 rings (SSSR count). The summed E-state index contributed by atoms with van der Waals surface area (Å²) in [5.41, 5.74) is 2.93. The third-order valence-electron chi connectivity index (χ3n) is 4.33. The van der Waals surface area contributed by atoms with Crippen LogP contribution in [-0.2, 0) is 0 Å². The molecule has 2 aromatic carbocycles. The molecule has 0 unspecified atom stereocenters. The average Bonchev–Trinajstić information content (AvgIpc) is 2.86. The first-order chi connectivity index (χ1) is 11.5. The number of fused-ring (bicyclic) bond motifs is 2. The molecule has 3 aromatic rings. The summed E-state index contributed by atoms with van der Waals surface area (Å²) in [6.45, 7) is 3.76. The normalized spacial score (nSPS) is 16.2. The van der Waals surface area contributed by atoms with Gasteiger partial charge in [-0.3, -0.25) is 9.59 Å². The summed E-state index contributed by atoms with van der Waals surface area (Å²) in [5.74, 6) is -0.294. The van der Waals surface area contributed by atoms with Gasteiger partial charge < -0.3 is 14.8 Å². The Balaban J connectivity index is 2.04.